The standard InChI is InChI=1S/C4H12N2O2/c1-4(2)8-6(5)7-3/h4H,5H2,1-3H3. The minimum atomic E-state index is 0.0555. The Morgan fingerprint density at radius 3 is 2.12 bits per heavy atom. The molecule has 0 aromatic rings. The first-order chi connectivity index (χ1) is 3.66. The summed E-state index contributed by atoms with van der Waals surface area (Å²) in [5, 5.41) is 0.824. The summed E-state index contributed by atoms with van der Waals surface area (Å²) in [5.74, 6) is 5.06. The van der Waals surface area contributed by atoms with Crippen molar-refractivity contribution in [1.29, 1.82) is 0 Å². The van der Waals surface area contributed by atoms with E-state index in [1.807, 2.05) is 13.8 Å². The molecule has 0 saturated carbocycles. The van der Waals surface area contributed by atoms with Gasteiger partial charge in [0.15, 0.2) is 0 Å². The Labute approximate surface area is 49.0 Å². The van der Waals surface area contributed by atoms with Gasteiger partial charge in [-0.2, -0.15) is 0 Å². The minimum absolute atomic E-state index is 0.0555. The molecular weight excluding hydrogens is 108 g/mol. The SMILES string of the molecule is CON(N)OC(C)C. The van der Waals surface area contributed by atoms with Crippen LogP contribution >= 0.6 is 0 Å². The molecule has 0 fully saturated rings. The zero-order chi connectivity index (χ0) is 6.57. The number of hydrazine groups is 1. The Kier molecular flexibility index (Phi) is 3.72. The van der Waals surface area contributed by atoms with Crippen molar-refractivity contribution >= 4 is 0 Å². The predicted molar refractivity (Wildman–Crippen MR) is 29.3 cm³/mol. The monoisotopic (exact) mass is 120 g/mol. The molecule has 0 amide bonds. The van der Waals surface area contributed by atoms with Gasteiger partial charge in [-0.1, -0.05) is 0 Å². The van der Waals surface area contributed by atoms with Gasteiger partial charge in [0.2, 0.25) is 0 Å². The van der Waals surface area contributed by atoms with E-state index in [0.717, 1.165) is 5.34 Å². The van der Waals surface area contributed by atoms with Crippen LogP contribution in [0.5, 0.6) is 0 Å². The van der Waals surface area contributed by atoms with Gasteiger partial charge < -0.3 is 0 Å². The van der Waals surface area contributed by atoms with Crippen molar-refractivity contribution < 1.29 is 9.68 Å². The molecule has 0 spiro atoms. The smallest absolute Gasteiger partial charge is 0.0778 e. The van der Waals surface area contributed by atoms with Gasteiger partial charge in [0.05, 0.1) is 13.2 Å². The zero-order valence-electron chi connectivity index (χ0n) is 5.42. The maximum atomic E-state index is 5.06. The summed E-state index contributed by atoms with van der Waals surface area (Å²) in [6.45, 7) is 3.72. The molecule has 0 aromatic heterocycles. The first-order valence-corrected chi connectivity index (χ1v) is 2.42. The molecule has 4 nitrogen and oxygen atoms in total. The molecule has 0 atom stereocenters. The van der Waals surface area contributed by atoms with Crippen LogP contribution < -0.4 is 5.84 Å². The summed E-state index contributed by atoms with van der Waals surface area (Å²) in [5.41, 5.74) is 0. The van der Waals surface area contributed by atoms with Crippen LogP contribution in [-0.2, 0) is 9.68 Å². The van der Waals surface area contributed by atoms with Gasteiger partial charge in [0.25, 0.3) is 0 Å². The summed E-state index contributed by atoms with van der Waals surface area (Å²) in [6.07, 6.45) is 0.0555. The van der Waals surface area contributed by atoms with Crippen LogP contribution in [0.15, 0.2) is 0 Å². The van der Waals surface area contributed by atoms with Gasteiger partial charge >= 0.3 is 0 Å². The summed E-state index contributed by atoms with van der Waals surface area (Å²) in [7, 11) is 1.43. The Morgan fingerprint density at radius 2 is 2.00 bits per heavy atom. The molecule has 50 valence electrons. The van der Waals surface area contributed by atoms with Gasteiger partial charge in [-0.05, 0) is 13.8 Å². The van der Waals surface area contributed by atoms with Crippen LogP contribution in [0.4, 0.5) is 0 Å². The summed E-state index contributed by atoms with van der Waals surface area (Å²) in [6, 6.07) is 0. The van der Waals surface area contributed by atoms with E-state index >= 15 is 0 Å². The van der Waals surface area contributed by atoms with E-state index in [2.05, 4.69) is 4.84 Å². The summed E-state index contributed by atoms with van der Waals surface area (Å²) < 4.78 is 0. The van der Waals surface area contributed by atoms with Crippen LogP contribution in [0.1, 0.15) is 13.8 Å². The average Bonchev–Trinajstić information content (AvgIpc) is 1.65. The molecule has 0 aromatic carbocycles. The van der Waals surface area contributed by atoms with Crippen molar-refractivity contribution in [2.24, 2.45) is 5.84 Å². The lowest BCUT2D eigenvalue weighted by Crippen LogP contribution is -2.32. The normalized spacial score (nSPS) is 11.2. The number of nitrogens with two attached hydrogens (primary N) is 1. The highest BCUT2D eigenvalue weighted by Crippen LogP contribution is 1.88. The van der Waals surface area contributed by atoms with Crippen molar-refractivity contribution in [2.75, 3.05) is 7.11 Å². The fourth-order valence-electron chi connectivity index (χ4n) is 0.251. The van der Waals surface area contributed by atoms with Crippen LogP contribution in [0, 0.1) is 0 Å². The highest BCUT2D eigenvalue weighted by atomic mass is 17.0. The molecule has 0 unspecified atom stereocenters. The molecule has 8 heavy (non-hydrogen) atoms. The Bertz CT molecular complexity index is 58.0. The van der Waals surface area contributed by atoms with Crippen molar-refractivity contribution in [2.45, 2.75) is 20.0 Å². The minimum Gasteiger partial charge on any atom is -0.264 e. The van der Waals surface area contributed by atoms with Gasteiger partial charge in [0.1, 0.15) is 0 Å². The van der Waals surface area contributed by atoms with Crippen LogP contribution in [0.25, 0.3) is 0 Å². The zero-order valence-corrected chi connectivity index (χ0v) is 5.42. The van der Waals surface area contributed by atoms with Gasteiger partial charge in [-0.15, -0.1) is 0 Å². The molecule has 0 heterocycles. The lowest BCUT2D eigenvalue weighted by Gasteiger charge is -2.14. The lowest BCUT2D eigenvalue weighted by atomic mass is 10.5. The predicted octanol–water partition coefficient (Wildman–Crippen LogP) is 0.0635. The Hall–Kier alpha value is -0.160. The Balaban J connectivity index is 3.10. The van der Waals surface area contributed by atoms with Crippen molar-refractivity contribution in [1.82, 2.24) is 5.34 Å². The van der Waals surface area contributed by atoms with Crippen LogP contribution in [-0.4, -0.2) is 18.5 Å². The molecule has 0 rings (SSSR count). The second-order valence-electron chi connectivity index (χ2n) is 1.62. The third-order valence-corrected chi connectivity index (χ3v) is 0.495. The first kappa shape index (κ1) is 7.84. The molecule has 0 aliphatic rings. The van der Waals surface area contributed by atoms with Gasteiger partial charge in [-0.25, -0.2) is 5.84 Å². The van der Waals surface area contributed by atoms with E-state index in [1.54, 1.807) is 0 Å². The van der Waals surface area contributed by atoms with Crippen LogP contribution in [0.3, 0.4) is 0 Å². The van der Waals surface area contributed by atoms with E-state index in [-0.39, 0.29) is 6.10 Å². The second-order valence-corrected chi connectivity index (χ2v) is 1.62. The summed E-state index contributed by atoms with van der Waals surface area (Å²) in [4.78, 5) is 9.24. The molecule has 0 bridgehead atoms. The van der Waals surface area contributed by atoms with E-state index in [4.69, 9.17) is 10.7 Å². The molecule has 0 radical (unpaired) electrons. The summed E-state index contributed by atoms with van der Waals surface area (Å²) >= 11 is 0. The average molecular weight is 120 g/mol. The molecule has 4 heteroatoms. The van der Waals surface area contributed by atoms with Crippen LogP contribution in [0.2, 0.25) is 0 Å². The molecular formula is C4H12N2O2. The molecule has 0 aliphatic heterocycles. The topological polar surface area (TPSA) is 47.7 Å². The highest BCUT2D eigenvalue weighted by molar-refractivity contribution is 4.27. The highest BCUT2D eigenvalue weighted by Gasteiger charge is 1.97. The maximum absolute atomic E-state index is 5.06. The van der Waals surface area contributed by atoms with Crippen molar-refractivity contribution in [3.63, 3.8) is 0 Å². The molecule has 0 saturated heterocycles. The van der Waals surface area contributed by atoms with Crippen molar-refractivity contribution in [3.05, 3.63) is 0 Å². The Morgan fingerprint density at radius 1 is 1.50 bits per heavy atom. The number of nitrogens with zero attached hydrogens (tertiary/aromatic N) is 1. The fraction of sp³-hybridized carbons (Fsp3) is 1.00. The number of hydrogen-bond donors (Lipinski definition) is 1. The third kappa shape index (κ3) is 4.01. The van der Waals surface area contributed by atoms with E-state index < -0.39 is 0 Å². The molecule has 2 N–H and O–H groups in total. The first-order valence-electron chi connectivity index (χ1n) is 2.42. The third-order valence-electron chi connectivity index (χ3n) is 0.495. The van der Waals surface area contributed by atoms with Gasteiger partial charge in [-0.3, -0.25) is 9.68 Å². The van der Waals surface area contributed by atoms with E-state index in [1.165, 1.54) is 7.11 Å². The maximum Gasteiger partial charge on any atom is 0.0778 e. The largest absolute Gasteiger partial charge is 0.264 e. The van der Waals surface area contributed by atoms with E-state index in [9.17, 15) is 0 Å². The lowest BCUT2D eigenvalue weighted by molar-refractivity contribution is -0.374. The van der Waals surface area contributed by atoms with Crippen molar-refractivity contribution in [3.8, 4) is 0 Å². The van der Waals surface area contributed by atoms with E-state index in [0.29, 0.717) is 0 Å². The quantitative estimate of drug-likeness (QED) is 0.422. The fourth-order valence-corrected chi connectivity index (χ4v) is 0.251. The van der Waals surface area contributed by atoms with Gasteiger partial charge in [0, 0.05) is 5.34 Å². The second kappa shape index (κ2) is 3.80. The number of rotatable bonds is 3. The molecule has 0 aliphatic carbocycles. The number of hydrogen-bond acceptors (Lipinski definition) is 4.